The van der Waals surface area contributed by atoms with E-state index in [2.05, 4.69) is 9.46 Å². The minimum Gasteiger partial charge on any atom is -0.477 e. The van der Waals surface area contributed by atoms with E-state index >= 15 is 0 Å². The Balaban J connectivity index is 2.78. The molecular formula is C9H11NO6S2. The van der Waals surface area contributed by atoms with Crippen LogP contribution in [0.5, 0.6) is 0 Å². The summed E-state index contributed by atoms with van der Waals surface area (Å²) in [5.74, 6) is -1.86. The largest absolute Gasteiger partial charge is 0.477 e. The number of carboxylic acids is 1. The highest BCUT2D eigenvalue weighted by Gasteiger charge is 2.23. The lowest BCUT2D eigenvalue weighted by Crippen LogP contribution is -2.27. The van der Waals surface area contributed by atoms with Gasteiger partial charge in [0.05, 0.1) is 13.5 Å². The Morgan fingerprint density at radius 2 is 2.17 bits per heavy atom. The fourth-order valence-corrected chi connectivity index (χ4v) is 3.42. The molecule has 0 saturated heterocycles. The Hall–Kier alpha value is -1.45. The fraction of sp³-hybridized carbons (Fsp3) is 0.333. The number of carboxylic acid groups (broad SMARTS) is 1. The number of rotatable bonds is 6. The van der Waals surface area contributed by atoms with Crippen LogP contribution in [0.4, 0.5) is 0 Å². The summed E-state index contributed by atoms with van der Waals surface area (Å²) in [5, 5.41) is 10.2. The van der Waals surface area contributed by atoms with Gasteiger partial charge in [-0.2, -0.15) is 0 Å². The van der Waals surface area contributed by atoms with E-state index in [0.29, 0.717) is 0 Å². The van der Waals surface area contributed by atoms with Crippen molar-refractivity contribution in [2.75, 3.05) is 13.7 Å². The third kappa shape index (κ3) is 3.52. The molecule has 0 atom stereocenters. The molecule has 0 amide bonds. The van der Waals surface area contributed by atoms with Crippen molar-refractivity contribution in [2.24, 2.45) is 0 Å². The van der Waals surface area contributed by atoms with Crippen LogP contribution in [0.25, 0.3) is 0 Å². The van der Waals surface area contributed by atoms with Gasteiger partial charge >= 0.3 is 11.9 Å². The van der Waals surface area contributed by atoms with Crippen LogP contribution in [-0.4, -0.2) is 39.1 Å². The van der Waals surface area contributed by atoms with Crippen LogP contribution in [0, 0.1) is 0 Å². The lowest BCUT2D eigenvalue weighted by molar-refractivity contribution is -0.140. The molecule has 1 rings (SSSR count). The third-order valence-electron chi connectivity index (χ3n) is 1.96. The number of nitrogens with one attached hydrogen (secondary N) is 1. The van der Waals surface area contributed by atoms with E-state index in [1.807, 2.05) is 0 Å². The number of hydrogen-bond acceptors (Lipinski definition) is 6. The zero-order valence-electron chi connectivity index (χ0n) is 9.37. The molecule has 18 heavy (non-hydrogen) atoms. The maximum absolute atomic E-state index is 11.8. The number of sulfonamides is 1. The Bertz CT molecular complexity index is 547. The van der Waals surface area contributed by atoms with Gasteiger partial charge in [-0.25, -0.2) is 17.9 Å². The van der Waals surface area contributed by atoms with E-state index in [1.165, 1.54) is 18.6 Å². The van der Waals surface area contributed by atoms with Gasteiger partial charge in [-0.15, -0.1) is 11.3 Å². The average molecular weight is 293 g/mol. The van der Waals surface area contributed by atoms with Crippen LogP contribution in [0.1, 0.15) is 16.1 Å². The molecule has 2 N–H and O–H groups in total. The van der Waals surface area contributed by atoms with Crippen LogP contribution in [0.15, 0.2) is 16.3 Å². The van der Waals surface area contributed by atoms with Crippen molar-refractivity contribution >= 4 is 33.3 Å². The first-order chi connectivity index (χ1) is 8.38. The monoisotopic (exact) mass is 293 g/mol. The average Bonchev–Trinajstić information content (AvgIpc) is 2.78. The first kappa shape index (κ1) is 14.6. The maximum Gasteiger partial charge on any atom is 0.347 e. The van der Waals surface area contributed by atoms with E-state index < -0.39 is 22.0 Å². The molecule has 0 saturated carbocycles. The second-order valence-electron chi connectivity index (χ2n) is 3.14. The van der Waals surface area contributed by atoms with Gasteiger partial charge in [-0.05, 0) is 11.4 Å². The zero-order valence-corrected chi connectivity index (χ0v) is 11.0. The van der Waals surface area contributed by atoms with E-state index in [0.717, 1.165) is 11.3 Å². The predicted octanol–water partition coefficient (Wildman–Crippen LogP) is 0.288. The van der Waals surface area contributed by atoms with E-state index in [-0.39, 0.29) is 22.7 Å². The van der Waals surface area contributed by atoms with Crippen molar-refractivity contribution < 1.29 is 27.9 Å². The molecule has 1 aromatic rings. The Morgan fingerprint density at radius 1 is 1.50 bits per heavy atom. The SMILES string of the molecule is COC(=O)CCNS(=O)(=O)c1ccsc1C(=O)O. The topological polar surface area (TPSA) is 110 Å². The molecule has 0 spiro atoms. The van der Waals surface area contributed by atoms with Gasteiger partial charge in [0.25, 0.3) is 0 Å². The second-order valence-corrected chi connectivity index (χ2v) is 5.79. The normalized spacial score (nSPS) is 11.2. The van der Waals surface area contributed by atoms with Gasteiger partial charge in [0.2, 0.25) is 10.0 Å². The van der Waals surface area contributed by atoms with Gasteiger partial charge < -0.3 is 9.84 Å². The molecule has 0 radical (unpaired) electrons. The van der Waals surface area contributed by atoms with Crippen molar-refractivity contribution in [1.82, 2.24) is 4.72 Å². The van der Waals surface area contributed by atoms with Crippen LogP contribution in [0.2, 0.25) is 0 Å². The minimum absolute atomic E-state index is 0.123. The fourth-order valence-electron chi connectivity index (χ4n) is 1.13. The molecule has 0 aliphatic heterocycles. The highest BCUT2D eigenvalue weighted by molar-refractivity contribution is 7.89. The molecule has 0 fully saturated rings. The third-order valence-corrected chi connectivity index (χ3v) is 4.50. The Labute approximate surface area is 107 Å². The van der Waals surface area contributed by atoms with Crippen LogP contribution in [0.3, 0.4) is 0 Å². The highest BCUT2D eigenvalue weighted by Crippen LogP contribution is 2.21. The van der Waals surface area contributed by atoms with Crippen LogP contribution < -0.4 is 4.72 Å². The van der Waals surface area contributed by atoms with Gasteiger partial charge in [0, 0.05) is 6.54 Å². The molecule has 100 valence electrons. The summed E-state index contributed by atoms with van der Waals surface area (Å²) < 4.78 is 30.0. The van der Waals surface area contributed by atoms with Gasteiger partial charge in [-0.3, -0.25) is 4.79 Å². The van der Waals surface area contributed by atoms with Crippen molar-refractivity contribution in [3.63, 3.8) is 0 Å². The molecule has 7 nitrogen and oxygen atoms in total. The lowest BCUT2D eigenvalue weighted by atomic mass is 10.4. The van der Waals surface area contributed by atoms with Gasteiger partial charge in [-0.1, -0.05) is 0 Å². The van der Waals surface area contributed by atoms with Crippen molar-refractivity contribution in [3.8, 4) is 0 Å². The molecule has 0 aliphatic carbocycles. The van der Waals surface area contributed by atoms with Crippen molar-refractivity contribution in [3.05, 3.63) is 16.3 Å². The molecule has 0 aromatic carbocycles. The van der Waals surface area contributed by atoms with Crippen molar-refractivity contribution in [2.45, 2.75) is 11.3 Å². The second kappa shape index (κ2) is 5.94. The number of methoxy groups -OCH3 is 1. The molecule has 0 aliphatic rings. The van der Waals surface area contributed by atoms with E-state index in [9.17, 15) is 18.0 Å². The standard InChI is InChI=1S/C9H11NO6S2/c1-16-7(11)2-4-10-18(14,15)6-3-5-17-8(6)9(12)13/h3,5,10H,2,4H2,1H3,(H,12,13). The first-order valence-corrected chi connectivity index (χ1v) is 7.12. The molecule has 0 bridgehead atoms. The van der Waals surface area contributed by atoms with Crippen molar-refractivity contribution in [1.29, 1.82) is 0 Å². The molecule has 1 aromatic heterocycles. The number of thiophene rings is 1. The molecular weight excluding hydrogens is 282 g/mol. The number of aromatic carboxylic acids is 1. The summed E-state index contributed by atoms with van der Waals surface area (Å²) in [5.41, 5.74) is 0. The highest BCUT2D eigenvalue weighted by atomic mass is 32.2. The smallest absolute Gasteiger partial charge is 0.347 e. The van der Waals surface area contributed by atoms with Crippen LogP contribution in [-0.2, 0) is 19.6 Å². The summed E-state index contributed by atoms with van der Waals surface area (Å²) in [6.07, 6.45) is -0.123. The van der Waals surface area contributed by atoms with E-state index in [4.69, 9.17) is 5.11 Å². The number of hydrogen-bond donors (Lipinski definition) is 2. The summed E-state index contributed by atoms with van der Waals surface area (Å²) in [4.78, 5) is 21.0. The van der Waals surface area contributed by atoms with Gasteiger partial charge in [0.15, 0.2) is 0 Å². The van der Waals surface area contributed by atoms with E-state index in [1.54, 1.807) is 0 Å². The lowest BCUT2D eigenvalue weighted by Gasteiger charge is -2.05. The molecule has 1 heterocycles. The maximum atomic E-state index is 11.8. The number of carbonyl (C=O) groups is 2. The quantitative estimate of drug-likeness (QED) is 0.729. The van der Waals surface area contributed by atoms with Crippen LogP contribution >= 0.6 is 11.3 Å². The first-order valence-electron chi connectivity index (χ1n) is 4.75. The Kier molecular flexibility index (Phi) is 4.82. The Morgan fingerprint density at radius 3 is 2.72 bits per heavy atom. The molecule has 9 heteroatoms. The zero-order chi connectivity index (χ0) is 13.8. The predicted molar refractivity (Wildman–Crippen MR) is 63.1 cm³/mol. The summed E-state index contributed by atoms with van der Waals surface area (Å²) >= 11 is 0.818. The number of esters is 1. The summed E-state index contributed by atoms with van der Waals surface area (Å²) in [7, 11) is -2.73. The molecule has 0 unspecified atom stereocenters. The van der Waals surface area contributed by atoms with Gasteiger partial charge in [0.1, 0.15) is 9.77 Å². The number of carbonyl (C=O) groups excluding carboxylic acids is 1. The minimum atomic E-state index is -3.92. The summed E-state index contributed by atoms with van der Waals surface area (Å²) in [6.45, 7) is -0.149. The summed E-state index contributed by atoms with van der Waals surface area (Å²) in [6, 6.07) is 1.20. The number of ether oxygens (including phenoxy) is 1.